The van der Waals surface area contributed by atoms with Crippen molar-refractivity contribution in [2.24, 2.45) is 5.92 Å². The first-order valence-electron chi connectivity index (χ1n) is 8.26. The van der Waals surface area contributed by atoms with Crippen LogP contribution in [0, 0.1) is 11.7 Å². The Morgan fingerprint density at radius 3 is 2.28 bits per heavy atom. The van der Waals surface area contributed by atoms with E-state index in [-0.39, 0.29) is 36.0 Å². The molecule has 1 saturated carbocycles. The minimum Gasteiger partial charge on any atom is -0.326 e. The quantitative estimate of drug-likeness (QED) is 0.775. The van der Waals surface area contributed by atoms with E-state index in [1.807, 2.05) is 0 Å². The molecule has 4 nitrogen and oxygen atoms in total. The second-order valence-electron chi connectivity index (χ2n) is 6.17. The Labute approximate surface area is 145 Å². The van der Waals surface area contributed by atoms with Gasteiger partial charge in [0.25, 0.3) is 0 Å². The Kier molecular flexibility index (Phi) is 5.03. The van der Waals surface area contributed by atoms with E-state index in [0.717, 1.165) is 12.8 Å². The summed E-state index contributed by atoms with van der Waals surface area (Å²) in [5.74, 6) is -1.01. The Balaban J connectivity index is 1.51. The number of carbonyl (C=O) groups is 3. The molecule has 3 rings (SSSR count). The Morgan fingerprint density at radius 2 is 1.64 bits per heavy atom. The summed E-state index contributed by atoms with van der Waals surface area (Å²) in [7, 11) is 0. The highest BCUT2D eigenvalue weighted by Gasteiger charge is 2.30. The molecule has 0 heterocycles. The van der Waals surface area contributed by atoms with Crippen molar-refractivity contribution in [3.05, 3.63) is 65.5 Å². The average Bonchev–Trinajstić information content (AvgIpc) is 3.45. The van der Waals surface area contributed by atoms with Gasteiger partial charge in [0.2, 0.25) is 5.91 Å². The van der Waals surface area contributed by atoms with E-state index in [0.29, 0.717) is 11.3 Å². The van der Waals surface area contributed by atoms with Gasteiger partial charge in [-0.2, -0.15) is 0 Å². The summed E-state index contributed by atoms with van der Waals surface area (Å²) in [4.78, 5) is 35.8. The first-order valence-corrected chi connectivity index (χ1v) is 8.26. The molecule has 0 bridgehead atoms. The number of carbonyl (C=O) groups excluding carboxylic acids is 3. The Bertz CT molecular complexity index is 810. The molecule has 1 amide bonds. The van der Waals surface area contributed by atoms with Gasteiger partial charge in [0.05, 0.1) is 5.56 Å². The lowest BCUT2D eigenvalue weighted by atomic mass is 10.1. The number of nitrogens with one attached hydrogen (secondary N) is 1. The summed E-state index contributed by atoms with van der Waals surface area (Å²) in [6, 6.07) is 12.5. The van der Waals surface area contributed by atoms with Crippen LogP contribution in [-0.2, 0) is 4.79 Å². The highest BCUT2D eigenvalue weighted by atomic mass is 19.1. The lowest BCUT2D eigenvalue weighted by Crippen LogP contribution is -2.14. The van der Waals surface area contributed by atoms with Gasteiger partial charge in [0, 0.05) is 30.0 Å². The summed E-state index contributed by atoms with van der Waals surface area (Å²) >= 11 is 0. The predicted octanol–water partition coefficient (Wildman–Crippen LogP) is 4.02. The van der Waals surface area contributed by atoms with Gasteiger partial charge >= 0.3 is 0 Å². The molecule has 2 aromatic rings. The SMILES string of the molecule is O=C(CCC(=O)c1ccccc1F)Nc1ccc(C(=O)C2CC2)cc1. The Morgan fingerprint density at radius 1 is 0.960 bits per heavy atom. The van der Waals surface area contributed by atoms with Crippen LogP contribution in [0.2, 0.25) is 0 Å². The van der Waals surface area contributed by atoms with E-state index in [1.54, 1.807) is 30.3 Å². The molecule has 1 aliphatic carbocycles. The maximum Gasteiger partial charge on any atom is 0.224 e. The summed E-state index contributed by atoms with van der Waals surface area (Å²) in [6.45, 7) is 0. The number of ketones is 2. The summed E-state index contributed by atoms with van der Waals surface area (Å²) < 4.78 is 13.5. The second-order valence-corrected chi connectivity index (χ2v) is 6.17. The van der Waals surface area contributed by atoms with E-state index < -0.39 is 11.6 Å². The zero-order chi connectivity index (χ0) is 17.8. The lowest BCUT2D eigenvalue weighted by molar-refractivity contribution is -0.116. The maximum atomic E-state index is 13.5. The first kappa shape index (κ1) is 17.0. The second kappa shape index (κ2) is 7.38. The van der Waals surface area contributed by atoms with E-state index in [9.17, 15) is 18.8 Å². The fraction of sp³-hybridized carbons (Fsp3) is 0.250. The van der Waals surface area contributed by atoms with Gasteiger partial charge in [-0.3, -0.25) is 14.4 Å². The minimum atomic E-state index is -0.580. The molecule has 1 fully saturated rings. The zero-order valence-electron chi connectivity index (χ0n) is 13.6. The largest absolute Gasteiger partial charge is 0.326 e. The minimum absolute atomic E-state index is 0.00163. The summed E-state index contributed by atoms with van der Waals surface area (Å²) in [5.41, 5.74) is 1.21. The number of halogens is 1. The molecule has 0 atom stereocenters. The third kappa shape index (κ3) is 4.38. The van der Waals surface area contributed by atoms with Crippen molar-refractivity contribution in [3.63, 3.8) is 0 Å². The number of hydrogen-bond donors (Lipinski definition) is 1. The van der Waals surface area contributed by atoms with Crippen molar-refractivity contribution in [1.82, 2.24) is 0 Å². The van der Waals surface area contributed by atoms with Crippen LogP contribution in [0.15, 0.2) is 48.5 Å². The molecule has 0 spiro atoms. The van der Waals surface area contributed by atoms with Gasteiger partial charge in [-0.1, -0.05) is 12.1 Å². The molecule has 1 N–H and O–H groups in total. The predicted molar refractivity (Wildman–Crippen MR) is 92.1 cm³/mol. The van der Waals surface area contributed by atoms with Crippen molar-refractivity contribution in [1.29, 1.82) is 0 Å². The molecule has 5 heteroatoms. The molecule has 0 aliphatic heterocycles. The summed E-state index contributed by atoms with van der Waals surface area (Å²) in [6.07, 6.45) is 1.81. The topological polar surface area (TPSA) is 63.2 Å². The third-order valence-corrected chi connectivity index (χ3v) is 4.15. The fourth-order valence-corrected chi connectivity index (χ4v) is 2.57. The highest BCUT2D eigenvalue weighted by molar-refractivity contribution is 6.01. The van der Waals surface area contributed by atoms with Gasteiger partial charge in [-0.15, -0.1) is 0 Å². The first-order chi connectivity index (χ1) is 12.0. The van der Waals surface area contributed by atoms with Crippen LogP contribution in [0.3, 0.4) is 0 Å². The number of hydrogen-bond acceptors (Lipinski definition) is 3. The normalized spacial score (nSPS) is 13.3. The molecule has 0 saturated heterocycles. The number of rotatable bonds is 7. The molecule has 25 heavy (non-hydrogen) atoms. The van der Waals surface area contributed by atoms with Crippen molar-refractivity contribution in [2.45, 2.75) is 25.7 Å². The average molecular weight is 339 g/mol. The lowest BCUT2D eigenvalue weighted by Gasteiger charge is -2.06. The number of amides is 1. The Hall–Kier alpha value is -2.82. The number of anilines is 1. The number of benzene rings is 2. The maximum absolute atomic E-state index is 13.5. The molecule has 128 valence electrons. The third-order valence-electron chi connectivity index (χ3n) is 4.15. The smallest absolute Gasteiger partial charge is 0.224 e. The van der Waals surface area contributed by atoms with Gasteiger partial charge in [-0.05, 0) is 49.2 Å². The van der Waals surface area contributed by atoms with Gasteiger partial charge in [-0.25, -0.2) is 4.39 Å². The molecule has 2 aromatic carbocycles. The van der Waals surface area contributed by atoms with E-state index >= 15 is 0 Å². The van der Waals surface area contributed by atoms with Crippen molar-refractivity contribution in [2.75, 3.05) is 5.32 Å². The molecular weight excluding hydrogens is 321 g/mol. The molecule has 0 aromatic heterocycles. The van der Waals surface area contributed by atoms with Crippen LogP contribution in [0.25, 0.3) is 0 Å². The van der Waals surface area contributed by atoms with Gasteiger partial charge < -0.3 is 5.32 Å². The van der Waals surface area contributed by atoms with E-state index in [1.165, 1.54) is 18.2 Å². The monoisotopic (exact) mass is 339 g/mol. The molecule has 0 unspecified atom stereocenters. The van der Waals surface area contributed by atoms with Crippen molar-refractivity contribution < 1.29 is 18.8 Å². The van der Waals surface area contributed by atoms with Crippen LogP contribution in [-0.4, -0.2) is 17.5 Å². The van der Waals surface area contributed by atoms with Crippen LogP contribution < -0.4 is 5.32 Å². The van der Waals surface area contributed by atoms with Crippen LogP contribution in [0.5, 0.6) is 0 Å². The van der Waals surface area contributed by atoms with E-state index in [4.69, 9.17) is 0 Å². The fourth-order valence-electron chi connectivity index (χ4n) is 2.57. The summed E-state index contributed by atoms with van der Waals surface area (Å²) in [5, 5.41) is 2.68. The van der Waals surface area contributed by atoms with Crippen LogP contribution >= 0.6 is 0 Å². The molecular formula is C20H18FNO3. The van der Waals surface area contributed by atoms with Gasteiger partial charge in [0.15, 0.2) is 11.6 Å². The van der Waals surface area contributed by atoms with Gasteiger partial charge in [0.1, 0.15) is 5.82 Å². The van der Waals surface area contributed by atoms with Crippen LogP contribution in [0.1, 0.15) is 46.4 Å². The number of Topliss-reactive ketones (excluding diaryl/α,β-unsaturated/α-hetero) is 2. The van der Waals surface area contributed by atoms with E-state index in [2.05, 4.69) is 5.32 Å². The molecule has 0 radical (unpaired) electrons. The standard InChI is InChI=1S/C20H18FNO3/c21-17-4-2-1-3-16(17)18(23)11-12-19(24)22-15-9-7-14(8-10-15)20(25)13-5-6-13/h1-4,7-10,13H,5-6,11-12H2,(H,22,24). The van der Waals surface area contributed by atoms with Crippen molar-refractivity contribution in [3.8, 4) is 0 Å². The van der Waals surface area contributed by atoms with Crippen LogP contribution in [0.4, 0.5) is 10.1 Å². The molecule has 1 aliphatic rings. The van der Waals surface area contributed by atoms with Crippen molar-refractivity contribution >= 4 is 23.2 Å². The zero-order valence-corrected chi connectivity index (χ0v) is 13.6. The highest BCUT2D eigenvalue weighted by Crippen LogP contribution is 2.32.